The van der Waals surface area contributed by atoms with Crippen LogP contribution in [-0.4, -0.2) is 25.5 Å². The Kier molecular flexibility index (Phi) is 5.86. The molecule has 0 aliphatic carbocycles. The quantitative estimate of drug-likeness (QED) is 0.807. The first-order chi connectivity index (χ1) is 8.56. The van der Waals surface area contributed by atoms with Gasteiger partial charge in [0.15, 0.2) is 5.78 Å². The van der Waals surface area contributed by atoms with E-state index >= 15 is 0 Å². The average molecular weight is 249 g/mol. The minimum atomic E-state index is 0.194. The van der Waals surface area contributed by atoms with Gasteiger partial charge in [0.05, 0.1) is 13.7 Å². The third kappa shape index (κ3) is 4.49. The molecular formula is C15H23NO2. The summed E-state index contributed by atoms with van der Waals surface area (Å²) >= 11 is 0. The zero-order chi connectivity index (χ0) is 13.5. The molecule has 100 valence electrons. The first-order valence-electron chi connectivity index (χ1n) is 6.45. The summed E-state index contributed by atoms with van der Waals surface area (Å²) in [5, 5.41) is 3.21. The summed E-state index contributed by atoms with van der Waals surface area (Å²) in [4.78, 5) is 11.9. The Morgan fingerprint density at radius 2 is 2.17 bits per heavy atom. The summed E-state index contributed by atoms with van der Waals surface area (Å²) in [5.74, 6) is 0.983. The van der Waals surface area contributed by atoms with E-state index in [0.29, 0.717) is 19.0 Å². The molecule has 18 heavy (non-hydrogen) atoms. The summed E-state index contributed by atoms with van der Waals surface area (Å²) in [6, 6.07) is 6.30. The molecule has 0 saturated carbocycles. The molecule has 3 nitrogen and oxygen atoms in total. The summed E-state index contributed by atoms with van der Waals surface area (Å²) < 4.78 is 5.28. The van der Waals surface area contributed by atoms with Crippen molar-refractivity contribution in [2.24, 2.45) is 0 Å². The molecule has 0 heterocycles. The van der Waals surface area contributed by atoms with Crippen LogP contribution in [0.15, 0.2) is 18.2 Å². The molecule has 0 aliphatic rings. The maximum absolute atomic E-state index is 11.9. The van der Waals surface area contributed by atoms with Crippen LogP contribution >= 0.6 is 0 Å². The van der Waals surface area contributed by atoms with Gasteiger partial charge in [-0.3, -0.25) is 4.79 Å². The van der Waals surface area contributed by atoms with Crippen molar-refractivity contribution in [2.75, 3.05) is 13.7 Å². The van der Waals surface area contributed by atoms with E-state index in [1.807, 2.05) is 25.1 Å². The molecule has 0 saturated heterocycles. The molecule has 1 N–H and O–H groups in total. The third-order valence-corrected chi connectivity index (χ3v) is 3.08. The number of hydrogen-bond acceptors (Lipinski definition) is 3. The number of carbonyl (C=O) groups is 1. The number of carbonyl (C=O) groups excluding carboxylic acids is 1. The summed E-state index contributed by atoms with van der Waals surface area (Å²) in [5.41, 5.74) is 2.11. The summed E-state index contributed by atoms with van der Waals surface area (Å²) in [6.07, 6.45) is 1.45. The highest BCUT2D eigenvalue weighted by Crippen LogP contribution is 2.20. The lowest BCUT2D eigenvalue weighted by Crippen LogP contribution is -2.31. The number of aryl methyl sites for hydroxylation is 1. The monoisotopic (exact) mass is 249 g/mol. The normalized spacial score (nSPS) is 12.2. The number of ketones is 1. The maximum Gasteiger partial charge on any atom is 0.151 e. The lowest BCUT2D eigenvalue weighted by Gasteiger charge is -2.12. The number of hydrogen-bond donors (Lipinski definition) is 1. The van der Waals surface area contributed by atoms with E-state index in [1.54, 1.807) is 7.11 Å². The van der Waals surface area contributed by atoms with Gasteiger partial charge >= 0.3 is 0 Å². The minimum absolute atomic E-state index is 0.194. The van der Waals surface area contributed by atoms with Gasteiger partial charge in [-0.15, -0.1) is 0 Å². The lowest BCUT2D eigenvalue weighted by molar-refractivity contribution is -0.117. The fourth-order valence-electron chi connectivity index (χ4n) is 1.75. The van der Waals surface area contributed by atoms with Crippen LogP contribution in [0, 0.1) is 6.92 Å². The predicted octanol–water partition coefficient (Wildman–Crippen LogP) is 2.50. The average Bonchev–Trinajstić information content (AvgIpc) is 2.36. The van der Waals surface area contributed by atoms with Gasteiger partial charge in [0.1, 0.15) is 5.75 Å². The second-order valence-corrected chi connectivity index (χ2v) is 4.72. The Labute approximate surface area is 110 Å². The largest absolute Gasteiger partial charge is 0.496 e. The van der Waals surface area contributed by atoms with Crippen molar-refractivity contribution >= 4 is 5.78 Å². The molecule has 1 rings (SSSR count). The lowest BCUT2D eigenvalue weighted by atomic mass is 10.0. The summed E-state index contributed by atoms with van der Waals surface area (Å²) in [6.45, 7) is 6.63. The van der Waals surface area contributed by atoms with Gasteiger partial charge < -0.3 is 10.1 Å². The maximum atomic E-state index is 11.9. The fourth-order valence-corrected chi connectivity index (χ4v) is 1.75. The van der Waals surface area contributed by atoms with Crippen molar-refractivity contribution in [2.45, 2.75) is 39.7 Å². The van der Waals surface area contributed by atoms with Crippen LogP contribution in [0.25, 0.3) is 0 Å². The first-order valence-corrected chi connectivity index (χ1v) is 6.45. The topological polar surface area (TPSA) is 38.3 Å². The SMILES string of the molecule is CCC(C)NCC(=O)Cc1cc(C)ccc1OC. The van der Waals surface area contributed by atoms with Gasteiger partial charge in [-0.2, -0.15) is 0 Å². The van der Waals surface area contributed by atoms with Crippen molar-refractivity contribution in [3.63, 3.8) is 0 Å². The van der Waals surface area contributed by atoms with Crippen LogP contribution in [0.1, 0.15) is 31.4 Å². The van der Waals surface area contributed by atoms with Gasteiger partial charge in [0, 0.05) is 18.0 Å². The smallest absolute Gasteiger partial charge is 0.151 e. The molecule has 0 amide bonds. The molecule has 0 radical (unpaired) electrons. The molecule has 1 atom stereocenters. The second-order valence-electron chi connectivity index (χ2n) is 4.72. The van der Waals surface area contributed by atoms with Crippen LogP contribution in [-0.2, 0) is 11.2 Å². The number of methoxy groups -OCH3 is 1. The van der Waals surface area contributed by atoms with Gasteiger partial charge in [0.2, 0.25) is 0 Å². The van der Waals surface area contributed by atoms with Crippen LogP contribution in [0.2, 0.25) is 0 Å². The van der Waals surface area contributed by atoms with E-state index in [1.165, 1.54) is 0 Å². The number of benzene rings is 1. The first kappa shape index (κ1) is 14.7. The molecule has 0 bridgehead atoms. The fraction of sp³-hybridized carbons (Fsp3) is 0.533. The Balaban J connectivity index is 2.61. The Hall–Kier alpha value is -1.35. The van der Waals surface area contributed by atoms with Gasteiger partial charge in [-0.25, -0.2) is 0 Å². The molecule has 1 aromatic carbocycles. The highest BCUT2D eigenvalue weighted by molar-refractivity contribution is 5.83. The van der Waals surface area contributed by atoms with Gasteiger partial charge in [0.25, 0.3) is 0 Å². The van der Waals surface area contributed by atoms with Crippen molar-refractivity contribution in [3.8, 4) is 5.75 Å². The standard InChI is InChI=1S/C15H23NO2/c1-5-12(3)16-10-14(17)9-13-8-11(2)6-7-15(13)18-4/h6-8,12,16H,5,9-10H2,1-4H3. The van der Waals surface area contributed by atoms with E-state index in [-0.39, 0.29) is 5.78 Å². The Morgan fingerprint density at radius 1 is 1.44 bits per heavy atom. The highest BCUT2D eigenvalue weighted by atomic mass is 16.5. The number of nitrogens with one attached hydrogen (secondary N) is 1. The molecular weight excluding hydrogens is 226 g/mol. The van der Waals surface area contributed by atoms with Crippen molar-refractivity contribution in [1.82, 2.24) is 5.32 Å². The predicted molar refractivity (Wildman–Crippen MR) is 74.2 cm³/mol. The molecule has 1 aromatic rings. The Bertz CT molecular complexity index is 401. The number of rotatable bonds is 7. The van der Waals surface area contributed by atoms with Crippen LogP contribution < -0.4 is 10.1 Å². The van der Waals surface area contributed by atoms with E-state index in [2.05, 4.69) is 19.2 Å². The molecule has 1 unspecified atom stereocenters. The summed E-state index contributed by atoms with van der Waals surface area (Å²) in [7, 11) is 1.63. The molecule has 0 fully saturated rings. The third-order valence-electron chi connectivity index (χ3n) is 3.08. The van der Waals surface area contributed by atoms with E-state index in [0.717, 1.165) is 23.3 Å². The molecule has 0 aliphatic heterocycles. The van der Waals surface area contributed by atoms with Crippen molar-refractivity contribution in [3.05, 3.63) is 29.3 Å². The zero-order valence-electron chi connectivity index (χ0n) is 11.7. The zero-order valence-corrected chi connectivity index (χ0v) is 11.7. The van der Waals surface area contributed by atoms with Gasteiger partial charge in [-0.1, -0.05) is 24.6 Å². The van der Waals surface area contributed by atoms with Crippen molar-refractivity contribution < 1.29 is 9.53 Å². The van der Waals surface area contributed by atoms with Gasteiger partial charge in [-0.05, 0) is 26.3 Å². The minimum Gasteiger partial charge on any atom is -0.496 e. The molecule has 3 heteroatoms. The van der Waals surface area contributed by atoms with E-state index in [9.17, 15) is 4.79 Å². The Morgan fingerprint density at radius 3 is 2.78 bits per heavy atom. The van der Waals surface area contributed by atoms with Crippen molar-refractivity contribution in [1.29, 1.82) is 0 Å². The van der Waals surface area contributed by atoms with Crippen LogP contribution in [0.4, 0.5) is 0 Å². The molecule has 0 aromatic heterocycles. The van der Waals surface area contributed by atoms with E-state index < -0.39 is 0 Å². The van der Waals surface area contributed by atoms with Crippen LogP contribution in [0.5, 0.6) is 5.75 Å². The second kappa shape index (κ2) is 7.17. The number of Topliss-reactive ketones (excluding diaryl/α,β-unsaturated/α-hetero) is 1. The van der Waals surface area contributed by atoms with E-state index in [4.69, 9.17) is 4.74 Å². The van der Waals surface area contributed by atoms with Crippen LogP contribution in [0.3, 0.4) is 0 Å². The number of ether oxygens (including phenoxy) is 1. The highest BCUT2D eigenvalue weighted by Gasteiger charge is 2.09. The molecule has 0 spiro atoms.